The molecule has 7 nitrogen and oxygen atoms in total. The van der Waals surface area contributed by atoms with Gasteiger partial charge in [0.2, 0.25) is 5.91 Å². The Bertz CT molecular complexity index is 802. The van der Waals surface area contributed by atoms with Gasteiger partial charge in [-0.25, -0.2) is 0 Å². The van der Waals surface area contributed by atoms with E-state index < -0.39 is 0 Å². The van der Waals surface area contributed by atoms with E-state index in [0.717, 1.165) is 18.9 Å². The average Bonchev–Trinajstić information content (AvgIpc) is 2.75. The molecule has 0 fully saturated rings. The summed E-state index contributed by atoms with van der Waals surface area (Å²) in [5.74, 6) is 1.32. The lowest BCUT2D eigenvalue weighted by Crippen LogP contribution is -2.39. The van der Waals surface area contributed by atoms with Crippen LogP contribution in [0.5, 0.6) is 5.75 Å². The number of anilines is 1. The van der Waals surface area contributed by atoms with Crippen LogP contribution in [0.4, 0.5) is 5.69 Å². The zero-order valence-corrected chi connectivity index (χ0v) is 20.7. The minimum atomic E-state index is -0.108. The Balaban J connectivity index is 0.00000480. The van der Waals surface area contributed by atoms with Gasteiger partial charge in [-0.05, 0) is 31.0 Å². The smallest absolute Gasteiger partial charge is 0.221 e. The van der Waals surface area contributed by atoms with Gasteiger partial charge < -0.3 is 25.4 Å². The van der Waals surface area contributed by atoms with Crippen LogP contribution < -0.4 is 20.7 Å². The second-order valence-corrected chi connectivity index (χ2v) is 6.76. The molecule has 0 bridgehead atoms. The lowest BCUT2D eigenvalue weighted by Gasteiger charge is -2.15. The molecule has 2 rings (SSSR count). The van der Waals surface area contributed by atoms with Gasteiger partial charge in [0.05, 0.1) is 12.6 Å². The van der Waals surface area contributed by atoms with Crippen molar-refractivity contribution in [3.05, 3.63) is 60.2 Å². The van der Waals surface area contributed by atoms with Gasteiger partial charge >= 0.3 is 0 Å². The zero-order chi connectivity index (χ0) is 21.6. The van der Waals surface area contributed by atoms with E-state index in [0.29, 0.717) is 31.2 Å². The van der Waals surface area contributed by atoms with Gasteiger partial charge in [0.1, 0.15) is 12.4 Å². The molecule has 0 aliphatic heterocycles. The first-order valence-corrected chi connectivity index (χ1v) is 10.2. The normalized spacial score (nSPS) is 11.8. The lowest BCUT2D eigenvalue weighted by molar-refractivity contribution is -0.114. The van der Waals surface area contributed by atoms with Crippen LogP contribution in [-0.2, 0) is 9.53 Å². The third-order valence-corrected chi connectivity index (χ3v) is 4.29. The molecule has 0 aliphatic carbocycles. The minimum Gasteiger partial charge on any atom is -0.492 e. The number of guanidine groups is 1. The number of hydrogen-bond donors (Lipinski definition) is 3. The number of carbonyl (C=O) groups is 1. The van der Waals surface area contributed by atoms with Crippen molar-refractivity contribution in [2.75, 3.05) is 38.7 Å². The predicted molar refractivity (Wildman–Crippen MR) is 136 cm³/mol. The van der Waals surface area contributed by atoms with Crippen molar-refractivity contribution in [1.29, 1.82) is 0 Å². The van der Waals surface area contributed by atoms with Crippen LogP contribution in [0.2, 0.25) is 0 Å². The predicted octanol–water partition coefficient (Wildman–Crippen LogP) is 3.97. The van der Waals surface area contributed by atoms with Crippen molar-refractivity contribution in [3.63, 3.8) is 0 Å². The molecule has 0 radical (unpaired) electrons. The Hall–Kier alpha value is -2.33. The molecule has 3 N–H and O–H groups in total. The summed E-state index contributed by atoms with van der Waals surface area (Å²) in [7, 11) is 1.74. The number of amides is 1. The van der Waals surface area contributed by atoms with Crippen LogP contribution in [0, 0.1) is 0 Å². The van der Waals surface area contributed by atoms with Gasteiger partial charge in [-0.1, -0.05) is 36.4 Å². The number of hydrogen-bond acceptors (Lipinski definition) is 4. The van der Waals surface area contributed by atoms with E-state index in [9.17, 15) is 4.79 Å². The summed E-state index contributed by atoms with van der Waals surface area (Å²) in [5, 5.41) is 9.22. The maximum atomic E-state index is 11.1. The summed E-state index contributed by atoms with van der Waals surface area (Å²) in [5.41, 5.74) is 1.90. The fraction of sp³-hybridized carbons (Fsp3) is 0.391. The summed E-state index contributed by atoms with van der Waals surface area (Å²) >= 11 is 0. The molecule has 1 atom stereocenters. The number of rotatable bonds is 11. The summed E-state index contributed by atoms with van der Waals surface area (Å²) < 4.78 is 11.6. The SMILES string of the molecule is CN=C(NCCCOC(C)c1ccccc1)NCCOc1cccc(NC(C)=O)c1.I. The number of nitrogens with zero attached hydrogens (tertiary/aromatic N) is 1. The highest BCUT2D eigenvalue weighted by Crippen LogP contribution is 2.17. The molecular weight excluding hydrogens is 507 g/mol. The number of ether oxygens (including phenoxy) is 2. The molecule has 0 heterocycles. The van der Waals surface area contributed by atoms with Crippen LogP contribution in [0.15, 0.2) is 59.6 Å². The Kier molecular flexibility index (Phi) is 13.3. The van der Waals surface area contributed by atoms with E-state index in [-0.39, 0.29) is 36.0 Å². The van der Waals surface area contributed by atoms with Crippen molar-refractivity contribution >= 4 is 41.5 Å². The first kappa shape index (κ1) is 26.7. The maximum absolute atomic E-state index is 11.1. The summed E-state index contributed by atoms with van der Waals surface area (Å²) in [6.45, 7) is 6.06. The number of halogens is 1. The first-order chi connectivity index (χ1) is 14.6. The highest BCUT2D eigenvalue weighted by Gasteiger charge is 2.04. The summed E-state index contributed by atoms with van der Waals surface area (Å²) in [6, 6.07) is 17.5. The highest BCUT2D eigenvalue weighted by molar-refractivity contribution is 14.0. The third-order valence-electron chi connectivity index (χ3n) is 4.29. The van der Waals surface area contributed by atoms with Crippen LogP contribution >= 0.6 is 24.0 Å². The van der Waals surface area contributed by atoms with Crippen LogP contribution in [0.3, 0.4) is 0 Å². The lowest BCUT2D eigenvalue weighted by atomic mass is 10.1. The van der Waals surface area contributed by atoms with Gasteiger partial charge in [-0.2, -0.15) is 0 Å². The summed E-state index contributed by atoms with van der Waals surface area (Å²) in [6.07, 6.45) is 0.967. The number of aliphatic imine (C=N–C) groups is 1. The topological polar surface area (TPSA) is 84.0 Å². The molecule has 31 heavy (non-hydrogen) atoms. The van der Waals surface area contributed by atoms with E-state index in [4.69, 9.17) is 9.47 Å². The Morgan fingerprint density at radius 2 is 1.77 bits per heavy atom. The van der Waals surface area contributed by atoms with Crippen molar-refractivity contribution in [1.82, 2.24) is 10.6 Å². The molecule has 0 saturated carbocycles. The Labute approximate surface area is 202 Å². The van der Waals surface area contributed by atoms with E-state index in [1.54, 1.807) is 13.1 Å². The van der Waals surface area contributed by atoms with Crippen LogP contribution in [0.25, 0.3) is 0 Å². The largest absolute Gasteiger partial charge is 0.492 e. The molecule has 2 aromatic carbocycles. The third kappa shape index (κ3) is 11.0. The molecule has 0 aromatic heterocycles. The minimum absolute atomic E-state index is 0. The molecular formula is C23H33IN4O3. The van der Waals surface area contributed by atoms with E-state index in [1.807, 2.05) is 36.4 Å². The molecule has 1 unspecified atom stereocenters. The molecule has 0 spiro atoms. The number of benzene rings is 2. The molecule has 0 aliphatic rings. The molecule has 1 amide bonds. The molecule has 0 saturated heterocycles. The number of nitrogens with one attached hydrogen (secondary N) is 3. The first-order valence-electron chi connectivity index (χ1n) is 10.2. The summed E-state index contributed by atoms with van der Waals surface area (Å²) in [4.78, 5) is 15.3. The average molecular weight is 540 g/mol. The number of carbonyl (C=O) groups excluding carboxylic acids is 1. The Morgan fingerprint density at radius 3 is 2.48 bits per heavy atom. The van der Waals surface area contributed by atoms with Crippen LogP contribution in [-0.4, -0.2) is 45.2 Å². The monoisotopic (exact) mass is 540 g/mol. The van der Waals surface area contributed by atoms with E-state index in [2.05, 4.69) is 40.0 Å². The second kappa shape index (κ2) is 15.5. The van der Waals surface area contributed by atoms with Crippen molar-refractivity contribution in [2.24, 2.45) is 4.99 Å². The fourth-order valence-corrected chi connectivity index (χ4v) is 2.79. The van der Waals surface area contributed by atoms with Gasteiger partial charge in [-0.15, -0.1) is 24.0 Å². The van der Waals surface area contributed by atoms with Gasteiger partial charge in [-0.3, -0.25) is 9.79 Å². The molecule has 170 valence electrons. The van der Waals surface area contributed by atoms with Gasteiger partial charge in [0.15, 0.2) is 5.96 Å². The standard InChI is InChI=1S/C23H32N4O3.HI/c1-18(20-9-5-4-6-10-20)29-15-8-13-25-23(24-3)26-14-16-30-22-12-7-11-21(17-22)27-19(2)28;/h4-7,9-12,17-18H,8,13-16H2,1-3H3,(H,27,28)(H2,24,25,26);1H. The van der Waals surface area contributed by atoms with Crippen molar-refractivity contribution in [3.8, 4) is 5.75 Å². The second-order valence-electron chi connectivity index (χ2n) is 6.76. The van der Waals surface area contributed by atoms with Crippen LogP contribution in [0.1, 0.15) is 31.9 Å². The fourth-order valence-electron chi connectivity index (χ4n) is 2.79. The van der Waals surface area contributed by atoms with E-state index >= 15 is 0 Å². The zero-order valence-electron chi connectivity index (χ0n) is 18.4. The Morgan fingerprint density at radius 1 is 1.03 bits per heavy atom. The van der Waals surface area contributed by atoms with Gasteiger partial charge in [0.25, 0.3) is 0 Å². The van der Waals surface area contributed by atoms with Crippen molar-refractivity contribution in [2.45, 2.75) is 26.4 Å². The quantitative estimate of drug-likeness (QED) is 0.174. The molecule has 2 aromatic rings. The van der Waals surface area contributed by atoms with E-state index in [1.165, 1.54) is 12.5 Å². The van der Waals surface area contributed by atoms with Crippen molar-refractivity contribution < 1.29 is 14.3 Å². The maximum Gasteiger partial charge on any atom is 0.221 e. The van der Waals surface area contributed by atoms with Gasteiger partial charge in [0, 0.05) is 38.9 Å². The molecule has 8 heteroatoms. The highest BCUT2D eigenvalue weighted by atomic mass is 127.